The summed E-state index contributed by atoms with van der Waals surface area (Å²) in [7, 11) is 3.32. The first-order valence-corrected chi connectivity index (χ1v) is 7.22. The van der Waals surface area contributed by atoms with Crippen molar-refractivity contribution in [3.05, 3.63) is 24.3 Å². The molecule has 6 heteroatoms. The summed E-state index contributed by atoms with van der Waals surface area (Å²) in [5.41, 5.74) is 5.82. The van der Waals surface area contributed by atoms with Crippen LogP contribution in [-0.4, -0.2) is 38.3 Å². The highest BCUT2D eigenvalue weighted by atomic mass is 32.1. The maximum atomic E-state index is 12.9. The summed E-state index contributed by atoms with van der Waals surface area (Å²) in [4.78, 5) is 14.8. The van der Waals surface area contributed by atoms with Crippen LogP contribution in [0.25, 0.3) is 0 Å². The van der Waals surface area contributed by atoms with Gasteiger partial charge in [0.1, 0.15) is 11.2 Å². The number of anilines is 1. The van der Waals surface area contributed by atoms with Crippen molar-refractivity contribution < 1.29 is 14.3 Å². The maximum absolute atomic E-state index is 12.9. The number of nitrogens with two attached hydrogens (primary N) is 1. The third-order valence-corrected chi connectivity index (χ3v) is 4.36. The minimum atomic E-state index is -0.814. The van der Waals surface area contributed by atoms with E-state index in [1.54, 1.807) is 19.1 Å². The van der Waals surface area contributed by atoms with Crippen LogP contribution in [0.2, 0.25) is 0 Å². The van der Waals surface area contributed by atoms with Crippen LogP contribution < -0.4 is 15.4 Å². The Kier molecular flexibility index (Phi) is 4.80. The number of thiocarbonyl (C=S) groups is 1. The summed E-state index contributed by atoms with van der Waals surface area (Å²) in [6.45, 7) is 0.990. The second-order valence-electron chi connectivity index (χ2n) is 5.12. The molecule has 0 aliphatic carbocycles. The molecule has 0 atom stereocenters. The van der Waals surface area contributed by atoms with Crippen molar-refractivity contribution in [1.82, 2.24) is 0 Å². The van der Waals surface area contributed by atoms with Gasteiger partial charge < -0.3 is 20.1 Å². The Labute approximate surface area is 130 Å². The van der Waals surface area contributed by atoms with E-state index in [-0.39, 0.29) is 10.9 Å². The van der Waals surface area contributed by atoms with Crippen molar-refractivity contribution >= 4 is 28.8 Å². The summed E-state index contributed by atoms with van der Waals surface area (Å²) in [6, 6.07) is 7.34. The second kappa shape index (κ2) is 6.41. The summed E-state index contributed by atoms with van der Waals surface area (Å²) in [5, 5.41) is 0. The molecule has 1 aliphatic heterocycles. The van der Waals surface area contributed by atoms with Gasteiger partial charge in [0.05, 0.1) is 12.1 Å². The molecule has 0 radical (unpaired) electrons. The number of benzene rings is 1. The van der Waals surface area contributed by atoms with E-state index in [1.807, 2.05) is 24.3 Å². The van der Waals surface area contributed by atoms with E-state index in [1.165, 1.54) is 0 Å². The number of hydrogen-bond acceptors (Lipinski definition) is 4. The predicted octanol–water partition coefficient (Wildman–Crippen LogP) is 1.74. The number of carbonyl (C=O) groups is 1. The fourth-order valence-corrected chi connectivity index (χ4v) is 2.83. The summed E-state index contributed by atoms with van der Waals surface area (Å²) < 4.78 is 10.5. The van der Waals surface area contributed by atoms with Gasteiger partial charge in [-0.25, -0.2) is 0 Å². The molecule has 0 unspecified atom stereocenters. The maximum Gasteiger partial charge on any atom is 0.239 e. The lowest BCUT2D eigenvalue weighted by Gasteiger charge is -2.37. The molecule has 1 aromatic carbocycles. The monoisotopic (exact) mass is 308 g/mol. The topological polar surface area (TPSA) is 64.8 Å². The fraction of sp³-hybridized carbons (Fsp3) is 0.467. The quantitative estimate of drug-likeness (QED) is 0.858. The first-order valence-electron chi connectivity index (χ1n) is 6.81. The molecule has 1 amide bonds. The van der Waals surface area contributed by atoms with Crippen LogP contribution in [0, 0.1) is 5.41 Å². The zero-order valence-electron chi connectivity index (χ0n) is 12.3. The van der Waals surface area contributed by atoms with Gasteiger partial charge in [0.15, 0.2) is 0 Å². The van der Waals surface area contributed by atoms with Crippen molar-refractivity contribution in [2.75, 3.05) is 32.3 Å². The van der Waals surface area contributed by atoms with E-state index >= 15 is 0 Å². The van der Waals surface area contributed by atoms with E-state index in [9.17, 15) is 4.79 Å². The van der Waals surface area contributed by atoms with Gasteiger partial charge in [-0.15, -0.1) is 0 Å². The third-order valence-electron chi connectivity index (χ3n) is 3.97. The van der Waals surface area contributed by atoms with Gasteiger partial charge in [-0.05, 0) is 25.0 Å². The molecule has 0 bridgehead atoms. The lowest BCUT2D eigenvalue weighted by molar-refractivity contribution is -0.128. The lowest BCUT2D eigenvalue weighted by Crippen LogP contribution is -2.52. The van der Waals surface area contributed by atoms with Crippen LogP contribution in [0.4, 0.5) is 5.69 Å². The van der Waals surface area contributed by atoms with Gasteiger partial charge >= 0.3 is 0 Å². The number of nitrogens with zero attached hydrogens (tertiary/aromatic N) is 1. The highest BCUT2D eigenvalue weighted by Crippen LogP contribution is 2.34. The van der Waals surface area contributed by atoms with E-state index in [4.69, 9.17) is 27.4 Å². The molecule has 1 heterocycles. The molecule has 1 fully saturated rings. The summed E-state index contributed by atoms with van der Waals surface area (Å²) in [5.74, 6) is 0.607. The minimum absolute atomic E-state index is 0.0912. The molecular formula is C15H20N2O3S. The average molecular weight is 308 g/mol. The first kappa shape index (κ1) is 15.7. The smallest absolute Gasteiger partial charge is 0.239 e. The standard InChI is InChI=1S/C15H20N2O3S/c1-17(11-4-3-5-12(10-11)19-2)14(18)15(13(16)21)6-8-20-9-7-15/h3-5,10H,6-9H2,1-2H3,(H2,16,21). The van der Waals surface area contributed by atoms with Crippen molar-refractivity contribution in [2.24, 2.45) is 11.1 Å². The molecule has 5 nitrogen and oxygen atoms in total. The fourth-order valence-electron chi connectivity index (χ4n) is 2.54. The van der Waals surface area contributed by atoms with Crippen LogP contribution in [0.15, 0.2) is 24.3 Å². The van der Waals surface area contributed by atoms with Gasteiger partial charge in [-0.3, -0.25) is 4.79 Å². The molecule has 114 valence electrons. The molecule has 0 spiro atoms. The molecule has 2 rings (SSSR count). The van der Waals surface area contributed by atoms with E-state index < -0.39 is 5.41 Å². The lowest BCUT2D eigenvalue weighted by atomic mass is 9.78. The van der Waals surface area contributed by atoms with E-state index in [0.717, 1.165) is 5.69 Å². The Morgan fingerprint density at radius 3 is 2.67 bits per heavy atom. The Morgan fingerprint density at radius 2 is 2.10 bits per heavy atom. The van der Waals surface area contributed by atoms with Crippen molar-refractivity contribution in [3.63, 3.8) is 0 Å². The largest absolute Gasteiger partial charge is 0.497 e. The van der Waals surface area contributed by atoms with Gasteiger partial charge in [0, 0.05) is 32.0 Å². The van der Waals surface area contributed by atoms with E-state index in [2.05, 4.69) is 0 Å². The average Bonchev–Trinajstić information content (AvgIpc) is 2.54. The van der Waals surface area contributed by atoms with Crippen LogP contribution in [0.1, 0.15) is 12.8 Å². The Hall–Kier alpha value is -1.66. The number of rotatable bonds is 4. The molecule has 0 saturated carbocycles. The molecule has 21 heavy (non-hydrogen) atoms. The number of carbonyl (C=O) groups excluding carboxylic acids is 1. The minimum Gasteiger partial charge on any atom is -0.497 e. The van der Waals surface area contributed by atoms with Crippen molar-refractivity contribution in [1.29, 1.82) is 0 Å². The van der Waals surface area contributed by atoms with Crippen molar-refractivity contribution in [3.8, 4) is 5.75 Å². The highest BCUT2D eigenvalue weighted by Gasteiger charge is 2.44. The molecule has 1 aromatic rings. The molecule has 2 N–H and O–H groups in total. The Morgan fingerprint density at radius 1 is 1.43 bits per heavy atom. The number of amides is 1. The predicted molar refractivity (Wildman–Crippen MR) is 85.7 cm³/mol. The normalized spacial score (nSPS) is 17.0. The third kappa shape index (κ3) is 3.01. The number of hydrogen-bond donors (Lipinski definition) is 1. The Balaban J connectivity index is 2.29. The number of ether oxygens (including phenoxy) is 2. The first-order chi connectivity index (χ1) is 10.0. The Bertz CT molecular complexity index is 541. The second-order valence-corrected chi connectivity index (χ2v) is 5.56. The highest BCUT2D eigenvalue weighted by molar-refractivity contribution is 7.80. The SMILES string of the molecule is COc1cccc(N(C)C(=O)C2(C(N)=S)CCOCC2)c1. The number of methoxy groups -OCH3 is 1. The zero-order valence-corrected chi connectivity index (χ0v) is 13.1. The van der Waals surface area contributed by atoms with E-state index in [0.29, 0.717) is 31.8 Å². The summed E-state index contributed by atoms with van der Waals surface area (Å²) >= 11 is 5.17. The summed E-state index contributed by atoms with van der Waals surface area (Å²) in [6.07, 6.45) is 1.05. The van der Waals surface area contributed by atoms with Crippen molar-refractivity contribution in [2.45, 2.75) is 12.8 Å². The molecule has 1 saturated heterocycles. The molecule has 1 aliphatic rings. The van der Waals surface area contributed by atoms with Crippen LogP contribution in [0.5, 0.6) is 5.75 Å². The van der Waals surface area contributed by atoms with Gasteiger partial charge in [-0.1, -0.05) is 18.3 Å². The van der Waals surface area contributed by atoms with Crippen LogP contribution >= 0.6 is 12.2 Å². The molecule has 0 aromatic heterocycles. The molecular weight excluding hydrogens is 288 g/mol. The van der Waals surface area contributed by atoms with Crippen LogP contribution in [-0.2, 0) is 9.53 Å². The van der Waals surface area contributed by atoms with Gasteiger partial charge in [0.25, 0.3) is 0 Å². The zero-order chi connectivity index (χ0) is 15.5. The van der Waals surface area contributed by atoms with Gasteiger partial charge in [0.2, 0.25) is 5.91 Å². The van der Waals surface area contributed by atoms with Crippen LogP contribution in [0.3, 0.4) is 0 Å². The van der Waals surface area contributed by atoms with Gasteiger partial charge in [-0.2, -0.15) is 0 Å².